The van der Waals surface area contributed by atoms with Crippen molar-refractivity contribution < 1.29 is 33.4 Å². The van der Waals surface area contributed by atoms with Crippen LogP contribution in [-0.4, -0.2) is 53.8 Å². The summed E-state index contributed by atoms with van der Waals surface area (Å²) < 4.78 is 15.6. The minimum atomic E-state index is -0.664. The Morgan fingerprint density at radius 1 is 1.27 bits per heavy atom. The van der Waals surface area contributed by atoms with Gasteiger partial charge < -0.3 is 14.2 Å². The van der Waals surface area contributed by atoms with Crippen LogP contribution in [0.1, 0.15) is 26.3 Å². The van der Waals surface area contributed by atoms with E-state index >= 15 is 0 Å². The SMILES string of the molecule is CCOC(=O)COc1c(Cl)cc(/C=C2/SC(=O)N(CC(=O)OC(C)C)C2=O)cc1Br. The van der Waals surface area contributed by atoms with Gasteiger partial charge in [-0.25, -0.2) is 4.79 Å². The number of imide groups is 1. The Kier molecular flexibility index (Phi) is 8.75. The van der Waals surface area contributed by atoms with E-state index in [0.717, 1.165) is 4.90 Å². The van der Waals surface area contributed by atoms with Crippen LogP contribution in [0, 0.1) is 0 Å². The predicted molar refractivity (Wildman–Crippen MR) is 115 cm³/mol. The molecular weight excluding hydrogens is 502 g/mol. The molecule has 2 rings (SSSR count). The van der Waals surface area contributed by atoms with E-state index in [9.17, 15) is 19.2 Å². The zero-order valence-electron chi connectivity index (χ0n) is 16.4. The summed E-state index contributed by atoms with van der Waals surface area (Å²) in [7, 11) is 0. The second kappa shape index (κ2) is 10.8. The minimum Gasteiger partial charge on any atom is -0.479 e. The third kappa shape index (κ3) is 6.48. The maximum atomic E-state index is 12.5. The maximum absolute atomic E-state index is 12.5. The molecule has 1 saturated heterocycles. The van der Waals surface area contributed by atoms with Crippen LogP contribution in [0.15, 0.2) is 21.5 Å². The lowest BCUT2D eigenvalue weighted by Gasteiger charge is -2.13. The largest absolute Gasteiger partial charge is 0.479 e. The number of benzene rings is 1. The monoisotopic (exact) mass is 519 g/mol. The number of carbonyl (C=O) groups excluding carboxylic acids is 4. The van der Waals surface area contributed by atoms with E-state index in [4.69, 9.17) is 25.8 Å². The number of ether oxygens (including phenoxy) is 3. The zero-order chi connectivity index (χ0) is 22.4. The molecule has 162 valence electrons. The van der Waals surface area contributed by atoms with Gasteiger partial charge in [0.05, 0.1) is 27.1 Å². The molecule has 2 amide bonds. The topological polar surface area (TPSA) is 99.2 Å². The predicted octanol–water partition coefficient (Wildman–Crippen LogP) is 4.03. The van der Waals surface area contributed by atoms with Gasteiger partial charge in [-0.3, -0.25) is 19.3 Å². The van der Waals surface area contributed by atoms with E-state index in [0.29, 0.717) is 21.8 Å². The summed E-state index contributed by atoms with van der Waals surface area (Å²) in [6, 6.07) is 3.14. The van der Waals surface area contributed by atoms with E-state index in [1.165, 1.54) is 12.1 Å². The van der Waals surface area contributed by atoms with E-state index in [1.807, 2.05) is 0 Å². The number of nitrogens with zero attached hydrogens (tertiary/aromatic N) is 1. The standard InChI is InChI=1S/C19H19BrClNO7S/c1-4-27-16(24)9-28-17-12(20)5-11(6-13(17)21)7-14-18(25)22(19(26)30-14)8-15(23)29-10(2)3/h5-7,10H,4,8-9H2,1-3H3/b14-7+. The highest BCUT2D eigenvalue weighted by molar-refractivity contribution is 9.10. The molecule has 30 heavy (non-hydrogen) atoms. The molecule has 0 aliphatic carbocycles. The fourth-order valence-corrected chi connectivity index (χ4v) is 4.18. The van der Waals surface area contributed by atoms with Gasteiger partial charge in [-0.2, -0.15) is 0 Å². The second-order valence-electron chi connectivity index (χ2n) is 6.21. The van der Waals surface area contributed by atoms with Crippen molar-refractivity contribution in [2.45, 2.75) is 26.9 Å². The molecule has 1 aliphatic rings. The van der Waals surface area contributed by atoms with Crippen LogP contribution in [0.3, 0.4) is 0 Å². The molecule has 1 aromatic rings. The van der Waals surface area contributed by atoms with Crippen LogP contribution in [-0.2, 0) is 23.9 Å². The first kappa shape index (κ1) is 24.2. The summed E-state index contributed by atoms with van der Waals surface area (Å²) in [5.74, 6) is -1.55. The van der Waals surface area contributed by atoms with Gasteiger partial charge in [0.1, 0.15) is 6.54 Å². The Labute approximate surface area is 191 Å². The van der Waals surface area contributed by atoms with Gasteiger partial charge in [0.15, 0.2) is 12.4 Å². The molecule has 0 unspecified atom stereocenters. The highest BCUT2D eigenvalue weighted by Gasteiger charge is 2.36. The molecule has 0 N–H and O–H groups in total. The Hall–Kier alpha value is -2.04. The summed E-state index contributed by atoms with van der Waals surface area (Å²) in [4.78, 5) is 48.8. The molecule has 1 fully saturated rings. The van der Waals surface area contributed by atoms with Gasteiger partial charge in [-0.15, -0.1) is 0 Å². The van der Waals surface area contributed by atoms with Crippen molar-refractivity contribution in [3.8, 4) is 5.75 Å². The number of hydrogen-bond acceptors (Lipinski definition) is 8. The Morgan fingerprint density at radius 3 is 2.57 bits per heavy atom. The average molecular weight is 521 g/mol. The van der Waals surface area contributed by atoms with Crippen molar-refractivity contribution in [3.05, 3.63) is 32.1 Å². The lowest BCUT2D eigenvalue weighted by molar-refractivity contribution is -0.149. The summed E-state index contributed by atoms with van der Waals surface area (Å²) in [5, 5.41) is -0.369. The number of halogens is 2. The zero-order valence-corrected chi connectivity index (χ0v) is 19.6. The molecular formula is C19H19BrClNO7S. The first-order valence-corrected chi connectivity index (χ1v) is 10.8. The van der Waals surface area contributed by atoms with Crippen molar-refractivity contribution in [2.24, 2.45) is 0 Å². The van der Waals surface area contributed by atoms with Gasteiger partial charge in [-0.1, -0.05) is 11.6 Å². The van der Waals surface area contributed by atoms with Crippen LogP contribution in [0.2, 0.25) is 5.02 Å². The van der Waals surface area contributed by atoms with E-state index < -0.39 is 29.6 Å². The fraction of sp³-hybridized carbons (Fsp3) is 0.368. The lowest BCUT2D eigenvalue weighted by atomic mass is 10.2. The quantitative estimate of drug-likeness (QED) is 0.374. The van der Waals surface area contributed by atoms with Gasteiger partial charge in [-0.05, 0) is 72.2 Å². The second-order valence-corrected chi connectivity index (χ2v) is 8.47. The summed E-state index contributed by atoms with van der Waals surface area (Å²) in [6.45, 7) is 4.51. The number of esters is 2. The molecule has 0 saturated carbocycles. The van der Waals surface area contributed by atoms with Crippen LogP contribution < -0.4 is 4.74 Å². The number of rotatable bonds is 8. The Balaban J connectivity index is 2.14. The highest BCUT2D eigenvalue weighted by atomic mass is 79.9. The Bertz CT molecular complexity index is 880. The number of amides is 2. The van der Waals surface area contributed by atoms with Gasteiger partial charge in [0.25, 0.3) is 11.1 Å². The third-order valence-electron chi connectivity index (χ3n) is 3.49. The molecule has 0 aromatic heterocycles. The molecule has 1 aliphatic heterocycles. The first-order valence-electron chi connectivity index (χ1n) is 8.84. The molecule has 8 nitrogen and oxygen atoms in total. The Morgan fingerprint density at radius 2 is 1.97 bits per heavy atom. The van der Waals surface area contributed by atoms with Crippen molar-refractivity contribution >= 4 is 68.5 Å². The van der Waals surface area contributed by atoms with Crippen molar-refractivity contribution in [1.82, 2.24) is 4.90 Å². The molecule has 0 spiro atoms. The molecule has 0 bridgehead atoms. The summed E-state index contributed by atoms with van der Waals surface area (Å²) >= 11 is 10.2. The van der Waals surface area contributed by atoms with Crippen molar-refractivity contribution in [2.75, 3.05) is 19.8 Å². The minimum absolute atomic E-state index is 0.139. The fourth-order valence-electron chi connectivity index (χ4n) is 2.35. The summed E-state index contributed by atoms with van der Waals surface area (Å²) in [5.41, 5.74) is 0.519. The van der Waals surface area contributed by atoms with Crippen LogP contribution in [0.25, 0.3) is 6.08 Å². The number of thioether (sulfide) groups is 1. The van der Waals surface area contributed by atoms with Gasteiger partial charge >= 0.3 is 11.9 Å². The lowest BCUT2D eigenvalue weighted by Crippen LogP contribution is -2.35. The van der Waals surface area contributed by atoms with Crippen LogP contribution in [0.5, 0.6) is 5.75 Å². The molecule has 11 heteroatoms. The summed E-state index contributed by atoms with van der Waals surface area (Å²) in [6.07, 6.45) is 1.13. The normalized spacial score (nSPS) is 15.1. The maximum Gasteiger partial charge on any atom is 0.344 e. The first-order chi connectivity index (χ1) is 14.1. The molecule has 0 radical (unpaired) electrons. The molecule has 1 heterocycles. The van der Waals surface area contributed by atoms with Gasteiger partial charge in [0, 0.05) is 0 Å². The molecule has 1 aromatic carbocycles. The van der Waals surface area contributed by atoms with Crippen molar-refractivity contribution in [3.63, 3.8) is 0 Å². The van der Waals surface area contributed by atoms with E-state index in [2.05, 4.69) is 15.9 Å². The number of carbonyl (C=O) groups is 4. The third-order valence-corrected chi connectivity index (χ3v) is 5.26. The van der Waals surface area contributed by atoms with Crippen LogP contribution in [0.4, 0.5) is 4.79 Å². The average Bonchev–Trinajstić information content (AvgIpc) is 2.88. The molecule has 0 atom stereocenters. The number of hydrogen-bond donors (Lipinski definition) is 0. The highest BCUT2D eigenvalue weighted by Crippen LogP contribution is 2.37. The van der Waals surface area contributed by atoms with Crippen LogP contribution >= 0.6 is 39.3 Å². The van der Waals surface area contributed by atoms with Gasteiger partial charge in [0.2, 0.25) is 0 Å². The van der Waals surface area contributed by atoms with E-state index in [-0.39, 0.29) is 35.0 Å². The van der Waals surface area contributed by atoms with E-state index in [1.54, 1.807) is 26.8 Å². The van der Waals surface area contributed by atoms with Crippen molar-refractivity contribution in [1.29, 1.82) is 0 Å². The smallest absolute Gasteiger partial charge is 0.344 e.